The zero-order chi connectivity index (χ0) is 50.6. The van der Waals surface area contributed by atoms with Crippen LogP contribution in [0.5, 0.6) is 0 Å². The summed E-state index contributed by atoms with van der Waals surface area (Å²) < 4.78 is 43.9. The Labute approximate surface area is 390 Å². The molecule has 4 rings (SSSR count). The van der Waals surface area contributed by atoms with Crippen LogP contribution in [-0.2, 0) is 47.5 Å². The summed E-state index contributed by atoms with van der Waals surface area (Å²) in [6.45, 7) is -3.14. The lowest BCUT2D eigenvalue weighted by atomic mass is 9.99. The van der Waals surface area contributed by atoms with Gasteiger partial charge < -0.3 is 129 Å². The predicted octanol–water partition coefficient (Wildman–Crippen LogP) is -11.4. The average Bonchev–Trinajstić information content (AvgIpc) is 3.32. The van der Waals surface area contributed by atoms with Crippen LogP contribution in [0.2, 0.25) is 0 Å². The van der Waals surface area contributed by atoms with Crippen molar-refractivity contribution in [3.05, 3.63) is 0 Å². The number of aliphatic hydroxyl groups is 16. The highest BCUT2D eigenvalue weighted by Crippen LogP contribution is 2.26. The quantitative estimate of drug-likeness (QED) is 0.0404. The van der Waals surface area contributed by atoms with Gasteiger partial charge in [0, 0.05) is 32.2 Å². The highest BCUT2D eigenvalue weighted by molar-refractivity contribution is 5.81. The molecule has 4 aliphatic rings. The van der Waals surface area contributed by atoms with E-state index in [1.165, 1.54) is 14.7 Å². The molecule has 0 aromatic rings. The highest BCUT2D eigenvalue weighted by Gasteiger charge is 2.47. The summed E-state index contributed by atoms with van der Waals surface area (Å²) in [4.78, 5) is 32.0. The van der Waals surface area contributed by atoms with Crippen LogP contribution in [0.3, 0.4) is 0 Å². The van der Waals surface area contributed by atoms with Gasteiger partial charge in [-0.15, -0.1) is 0 Å². The summed E-state index contributed by atoms with van der Waals surface area (Å²) in [5.74, 6) is -1.30. The van der Waals surface area contributed by atoms with E-state index in [0.717, 1.165) is 0 Å². The van der Waals surface area contributed by atoms with Crippen molar-refractivity contribution >= 4 is 11.8 Å². The van der Waals surface area contributed by atoms with E-state index < -0.39 is 180 Å². The van der Waals surface area contributed by atoms with Crippen molar-refractivity contribution < 1.29 is 129 Å². The summed E-state index contributed by atoms with van der Waals surface area (Å²) in [6, 6.07) is -0.516. The number of carbonyl (C=O) groups excluding carboxylic acids is 2. The Hall–Kier alpha value is -2.06. The Morgan fingerprint density at radius 2 is 0.618 bits per heavy atom. The third-order valence-electron chi connectivity index (χ3n) is 12.1. The molecule has 4 saturated heterocycles. The maximum Gasteiger partial charge on any atom is 0.236 e. The van der Waals surface area contributed by atoms with Crippen molar-refractivity contribution in [2.45, 2.75) is 143 Å². The van der Waals surface area contributed by atoms with Crippen LogP contribution < -0.4 is 0 Å². The zero-order valence-corrected chi connectivity index (χ0v) is 37.6. The summed E-state index contributed by atoms with van der Waals surface area (Å²) in [5, 5.41) is 162. The Kier molecular flexibility index (Phi) is 23.8. The first-order chi connectivity index (χ1) is 32.2. The number of amides is 2. The van der Waals surface area contributed by atoms with Gasteiger partial charge in [0.1, 0.15) is 97.7 Å². The van der Waals surface area contributed by atoms with Crippen molar-refractivity contribution in [1.29, 1.82) is 0 Å². The third-order valence-corrected chi connectivity index (χ3v) is 12.1. The van der Waals surface area contributed by atoms with Crippen LogP contribution in [0.25, 0.3) is 0 Å². The van der Waals surface area contributed by atoms with Crippen LogP contribution >= 0.6 is 0 Å². The average molecular weight is 998 g/mol. The third kappa shape index (κ3) is 15.0. The van der Waals surface area contributed by atoms with E-state index in [0.29, 0.717) is 0 Å². The SMILES string of the molecule is CC(C)N(CC(=O)N(CCOC1O[C@H](CO)[C@@H](O)[C@H](O)[C@@H]1O)CCOC1O[C@H](CO)[C@@H](O)[C@H](O)[C@@H]1O)CC(=O)N(CCOC1O[C@H](CO)[C@@H](O)[C@H](O)[C@@H]1O)CCOC1O[C@H](CO)[C@@H](O)[C@H](O)[C@@H]1O. The van der Waals surface area contributed by atoms with Crippen molar-refractivity contribution in [2.75, 3.05) is 92.1 Å². The molecule has 0 aromatic heterocycles. The van der Waals surface area contributed by atoms with E-state index in [-0.39, 0.29) is 52.6 Å². The molecule has 20 atom stereocenters. The number of hydrogen-bond acceptors (Lipinski definition) is 27. The van der Waals surface area contributed by atoms with E-state index >= 15 is 0 Å². The largest absolute Gasteiger partial charge is 0.394 e. The topological polar surface area (TPSA) is 441 Å². The molecule has 29 heteroatoms. The molecule has 16 N–H and O–H groups in total. The second-order valence-corrected chi connectivity index (χ2v) is 17.0. The minimum absolute atomic E-state index is 0.275. The lowest BCUT2D eigenvalue weighted by molar-refractivity contribution is -0.303. The summed E-state index contributed by atoms with van der Waals surface area (Å²) in [5.41, 5.74) is 0. The number of hydrogen-bond donors (Lipinski definition) is 16. The lowest BCUT2D eigenvalue weighted by Crippen LogP contribution is -2.59. The molecule has 0 aromatic carbocycles. The van der Waals surface area contributed by atoms with Crippen molar-refractivity contribution in [3.63, 3.8) is 0 Å². The maximum atomic E-state index is 14.1. The van der Waals surface area contributed by atoms with Gasteiger partial charge in [-0.05, 0) is 13.8 Å². The predicted molar refractivity (Wildman–Crippen MR) is 219 cm³/mol. The highest BCUT2D eigenvalue weighted by atomic mass is 16.7. The van der Waals surface area contributed by atoms with Gasteiger partial charge in [0.2, 0.25) is 11.8 Å². The molecule has 4 aliphatic heterocycles. The molecule has 2 amide bonds. The van der Waals surface area contributed by atoms with Crippen LogP contribution in [0.1, 0.15) is 13.8 Å². The molecule has 0 spiro atoms. The molecular weight excluding hydrogens is 926 g/mol. The maximum absolute atomic E-state index is 14.1. The van der Waals surface area contributed by atoms with E-state index in [2.05, 4.69) is 0 Å². The molecule has 0 saturated carbocycles. The number of carbonyl (C=O) groups is 2. The number of rotatable bonds is 25. The van der Waals surface area contributed by atoms with Crippen LogP contribution in [0, 0.1) is 0 Å². The first-order valence-electron chi connectivity index (χ1n) is 22.2. The molecule has 4 fully saturated rings. The van der Waals surface area contributed by atoms with Gasteiger partial charge in [-0.2, -0.15) is 0 Å². The van der Waals surface area contributed by atoms with E-state index in [9.17, 15) is 91.3 Å². The minimum atomic E-state index is -1.76. The van der Waals surface area contributed by atoms with Crippen molar-refractivity contribution in [3.8, 4) is 0 Å². The Morgan fingerprint density at radius 3 is 0.809 bits per heavy atom. The number of nitrogens with zero attached hydrogens (tertiary/aromatic N) is 3. The van der Waals surface area contributed by atoms with Gasteiger partial charge in [-0.1, -0.05) is 0 Å². The normalized spacial score (nSPS) is 39.1. The van der Waals surface area contributed by atoms with Crippen molar-refractivity contribution in [2.24, 2.45) is 0 Å². The Bertz CT molecular complexity index is 1300. The molecule has 0 bridgehead atoms. The molecule has 0 radical (unpaired) electrons. The van der Waals surface area contributed by atoms with Crippen LogP contribution in [0.15, 0.2) is 0 Å². The fourth-order valence-electron chi connectivity index (χ4n) is 7.63. The number of aliphatic hydroxyl groups excluding tert-OH is 16. The van der Waals surface area contributed by atoms with Crippen LogP contribution in [-0.4, -0.2) is 329 Å². The van der Waals surface area contributed by atoms with Gasteiger partial charge in [0.05, 0.1) is 65.9 Å². The van der Waals surface area contributed by atoms with Crippen molar-refractivity contribution in [1.82, 2.24) is 14.7 Å². The second kappa shape index (κ2) is 27.7. The summed E-state index contributed by atoms with van der Waals surface area (Å²) in [6.07, 6.45) is -32.2. The fourth-order valence-corrected chi connectivity index (χ4v) is 7.63. The van der Waals surface area contributed by atoms with Gasteiger partial charge in [0.15, 0.2) is 25.2 Å². The molecule has 4 unspecified atom stereocenters. The smallest absolute Gasteiger partial charge is 0.236 e. The Morgan fingerprint density at radius 1 is 0.397 bits per heavy atom. The molecule has 0 aliphatic carbocycles. The Balaban J connectivity index is 1.48. The fraction of sp³-hybridized carbons (Fsp3) is 0.949. The van der Waals surface area contributed by atoms with Crippen LogP contribution in [0.4, 0.5) is 0 Å². The summed E-state index contributed by atoms with van der Waals surface area (Å²) >= 11 is 0. The first kappa shape index (κ1) is 58.5. The standard InChI is InChI=1S/C39H71N3O26/c1-17(2)42(11-22(47)40(3-7-61-36-32(57)28(53)24(49)18(13-43)65-36)4-8-62-37-33(58)29(54)25(50)19(14-44)66-37)12-23(48)41(5-9-63-38-34(59)30(55)26(51)20(15-45)67-38)6-10-64-39-35(60)31(56)27(52)21(16-46)68-39/h17-21,24-39,43-46,49-60H,3-16H2,1-2H3/t18-,19-,20-,21-,24-,25-,26-,27-,28+,29+,30+,31+,32+,33+,34+,35+,36?,37?,38?,39?/m1/s1. The van der Waals surface area contributed by atoms with E-state index in [4.69, 9.17) is 37.9 Å². The zero-order valence-electron chi connectivity index (χ0n) is 37.6. The summed E-state index contributed by atoms with van der Waals surface area (Å²) in [7, 11) is 0. The lowest BCUT2D eigenvalue weighted by Gasteiger charge is -2.40. The molecule has 29 nitrogen and oxygen atoms in total. The molecule has 4 heterocycles. The van der Waals surface area contributed by atoms with E-state index in [1.54, 1.807) is 13.8 Å². The minimum Gasteiger partial charge on any atom is -0.394 e. The molecular formula is C39H71N3O26. The van der Waals surface area contributed by atoms with Gasteiger partial charge in [0.25, 0.3) is 0 Å². The van der Waals surface area contributed by atoms with Gasteiger partial charge in [-0.3, -0.25) is 14.5 Å². The van der Waals surface area contributed by atoms with Gasteiger partial charge in [-0.25, -0.2) is 0 Å². The van der Waals surface area contributed by atoms with E-state index in [1.807, 2.05) is 0 Å². The molecule has 68 heavy (non-hydrogen) atoms. The van der Waals surface area contributed by atoms with Gasteiger partial charge >= 0.3 is 0 Å². The monoisotopic (exact) mass is 997 g/mol. The first-order valence-corrected chi connectivity index (χ1v) is 22.2. The second-order valence-electron chi connectivity index (χ2n) is 17.0. The molecule has 398 valence electrons. The number of ether oxygens (including phenoxy) is 8.